The van der Waals surface area contributed by atoms with Gasteiger partial charge in [0.2, 0.25) is 0 Å². The molecule has 88 valence electrons. The third-order valence-corrected chi connectivity index (χ3v) is 3.04. The van der Waals surface area contributed by atoms with Crippen LogP contribution in [0.5, 0.6) is 0 Å². The number of benzene rings is 2. The predicted octanol–water partition coefficient (Wildman–Crippen LogP) is 4.14. The highest BCUT2D eigenvalue weighted by molar-refractivity contribution is 9.10. The minimum absolute atomic E-state index is 0.746. The van der Waals surface area contributed by atoms with Crippen LogP contribution in [-0.2, 0) is 0 Å². The van der Waals surface area contributed by atoms with E-state index in [0.717, 1.165) is 27.0 Å². The minimum atomic E-state index is 0.746. The van der Waals surface area contributed by atoms with Gasteiger partial charge in [0, 0.05) is 10.2 Å². The van der Waals surface area contributed by atoms with E-state index in [1.54, 1.807) is 6.20 Å². The number of hydrogen-bond acceptors (Lipinski definition) is 3. The SMILES string of the molecule is Brc1ccc2nc(Nc3ccccc3)cnc2c1. The molecule has 0 aliphatic carbocycles. The molecule has 0 aliphatic rings. The van der Waals surface area contributed by atoms with E-state index in [4.69, 9.17) is 0 Å². The topological polar surface area (TPSA) is 37.8 Å². The average Bonchev–Trinajstić information content (AvgIpc) is 2.40. The number of fused-ring (bicyclic) bond motifs is 1. The summed E-state index contributed by atoms with van der Waals surface area (Å²) in [7, 11) is 0. The van der Waals surface area contributed by atoms with Gasteiger partial charge in [-0.2, -0.15) is 0 Å². The van der Waals surface area contributed by atoms with Crippen molar-refractivity contribution in [3.8, 4) is 0 Å². The Kier molecular flexibility index (Phi) is 2.94. The van der Waals surface area contributed by atoms with E-state index >= 15 is 0 Å². The van der Waals surface area contributed by atoms with Gasteiger partial charge in [0.05, 0.1) is 17.2 Å². The molecule has 0 bridgehead atoms. The molecule has 3 aromatic rings. The highest BCUT2D eigenvalue weighted by Gasteiger charge is 2.00. The van der Waals surface area contributed by atoms with Crippen LogP contribution in [0, 0.1) is 0 Å². The molecule has 0 aliphatic heterocycles. The fourth-order valence-electron chi connectivity index (χ4n) is 1.71. The van der Waals surface area contributed by atoms with Crippen LogP contribution in [0.1, 0.15) is 0 Å². The fourth-order valence-corrected chi connectivity index (χ4v) is 2.06. The first-order valence-corrected chi connectivity index (χ1v) is 6.35. The quantitative estimate of drug-likeness (QED) is 0.773. The summed E-state index contributed by atoms with van der Waals surface area (Å²) in [6.07, 6.45) is 1.74. The molecule has 3 rings (SSSR count). The molecule has 0 amide bonds. The van der Waals surface area contributed by atoms with Crippen molar-refractivity contribution in [2.75, 3.05) is 5.32 Å². The lowest BCUT2D eigenvalue weighted by atomic mass is 10.3. The van der Waals surface area contributed by atoms with Crippen molar-refractivity contribution >= 4 is 38.5 Å². The zero-order valence-corrected chi connectivity index (χ0v) is 11.1. The zero-order chi connectivity index (χ0) is 12.4. The van der Waals surface area contributed by atoms with Crippen LogP contribution in [0.15, 0.2) is 59.2 Å². The Labute approximate surface area is 113 Å². The van der Waals surface area contributed by atoms with E-state index in [1.165, 1.54) is 0 Å². The fraction of sp³-hybridized carbons (Fsp3) is 0. The smallest absolute Gasteiger partial charge is 0.149 e. The molecule has 1 N–H and O–H groups in total. The van der Waals surface area contributed by atoms with E-state index in [9.17, 15) is 0 Å². The zero-order valence-electron chi connectivity index (χ0n) is 9.47. The Morgan fingerprint density at radius 1 is 0.944 bits per heavy atom. The summed E-state index contributed by atoms with van der Waals surface area (Å²) in [5.41, 5.74) is 2.75. The second-order valence-electron chi connectivity index (χ2n) is 3.88. The minimum Gasteiger partial charge on any atom is -0.339 e. The molecule has 2 aromatic carbocycles. The molecule has 0 saturated heterocycles. The number of nitrogens with zero attached hydrogens (tertiary/aromatic N) is 2. The van der Waals surface area contributed by atoms with E-state index in [1.807, 2.05) is 48.5 Å². The van der Waals surface area contributed by atoms with Crippen molar-refractivity contribution in [3.05, 3.63) is 59.2 Å². The summed E-state index contributed by atoms with van der Waals surface area (Å²) < 4.78 is 1.01. The van der Waals surface area contributed by atoms with Crippen molar-refractivity contribution in [1.29, 1.82) is 0 Å². The largest absolute Gasteiger partial charge is 0.339 e. The summed E-state index contributed by atoms with van der Waals surface area (Å²) in [6.45, 7) is 0. The van der Waals surface area contributed by atoms with Crippen LogP contribution < -0.4 is 5.32 Å². The Morgan fingerprint density at radius 2 is 1.78 bits per heavy atom. The van der Waals surface area contributed by atoms with Gasteiger partial charge in [-0.3, -0.25) is 4.98 Å². The van der Waals surface area contributed by atoms with E-state index < -0.39 is 0 Å². The first kappa shape index (κ1) is 11.2. The van der Waals surface area contributed by atoms with E-state index in [2.05, 4.69) is 31.2 Å². The van der Waals surface area contributed by atoms with Gasteiger partial charge in [0.15, 0.2) is 0 Å². The van der Waals surface area contributed by atoms with Gasteiger partial charge in [0.1, 0.15) is 5.82 Å². The van der Waals surface area contributed by atoms with Gasteiger partial charge in [-0.05, 0) is 30.3 Å². The Balaban J connectivity index is 1.96. The van der Waals surface area contributed by atoms with Gasteiger partial charge in [-0.15, -0.1) is 0 Å². The molecule has 0 atom stereocenters. The predicted molar refractivity (Wildman–Crippen MR) is 77.0 cm³/mol. The molecule has 1 heterocycles. The Morgan fingerprint density at radius 3 is 2.61 bits per heavy atom. The van der Waals surface area contributed by atoms with E-state index in [-0.39, 0.29) is 0 Å². The highest BCUT2D eigenvalue weighted by Crippen LogP contribution is 2.19. The van der Waals surface area contributed by atoms with Gasteiger partial charge < -0.3 is 5.32 Å². The first-order chi connectivity index (χ1) is 8.81. The van der Waals surface area contributed by atoms with Crippen molar-refractivity contribution in [2.45, 2.75) is 0 Å². The first-order valence-electron chi connectivity index (χ1n) is 5.56. The van der Waals surface area contributed by atoms with Gasteiger partial charge in [-0.25, -0.2) is 4.98 Å². The summed E-state index contributed by atoms with van der Waals surface area (Å²) in [6, 6.07) is 15.8. The molecular formula is C14H10BrN3. The number of rotatable bonds is 2. The van der Waals surface area contributed by atoms with Gasteiger partial charge in [-0.1, -0.05) is 34.1 Å². The summed E-state index contributed by atoms with van der Waals surface area (Å²) in [5, 5.41) is 3.23. The third kappa shape index (κ3) is 2.33. The van der Waals surface area contributed by atoms with Crippen LogP contribution in [0.4, 0.5) is 11.5 Å². The normalized spacial score (nSPS) is 10.5. The molecule has 0 spiro atoms. The lowest BCUT2D eigenvalue weighted by Gasteiger charge is -2.05. The van der Waals surface area contributed by atoms with E-state index in [0.29, 0.717) is 0 Å². The molecule has 3 nitrogen and oxygen atoms in total. The summed E-state index contributed by atoms with van der Waals surface area (Å²) in [4.78, 5) is 8.90. The summed E-state index contributed by atoms with van der Waals surface area (Å²) in [5.74, 6) is 0.746. The second-order valence-corrected chi connectivity index (χ2v) is 4.79. The number of halogens is 1. The standard InChI is InChI=1S/C14H10BrN3/c15-10-6-7-12-13(8-10)16-9-14(18-12)17-11-4-2-1-3-5-11/h1-9H,(H,17,18). The van der Waals surface area contributed by atoms with Crippen molar-refractivity contribution < 1.29 is 0 Å². The maximum Gasteiger partial charge on any atom is 0.149 e. The number of hydrogen-bond donors (Lipinski definition) is 1. The summed E-state index contributed by atoms with van der Waals surface area (Å²) >= 11 is 3.42. The molecule has 0 unspecified atom stereocenters. The van der Waals surface area contributed by atoms with Crippen molar-refractivity contribution in [2.24, 2.45) is 0 Å². The molecular weight excluding hydrogens is 290 g/mol. The lowest BCUT2D eigenvalue weighted by molar-refractivity contribution is 1.28. The number of aromatic nitrogens is 2. The average molecular weight is 300 g/mol. The van der Waals surface area contributed by atoms with Crippen molar-refractivity contribution in [3.63, 3.8) is 0 Å². The number of anilines is 2. The molecule has 0 saturated carbocycles. The molecule has 0 fully saturated rings. The Bertz CT molecular complexity index is 683. The second kappa shape index (κ2) is 4.74. The van der Waals surface area contributed by atoms with Crippen LogP contribution in [-0.4, -0.2) is 9.97 Å². The van der Waals surface area contributed by atoms with Crippen LogP contribution in [0.2, 0.25) is 0 Å². The van der Waals surface area contributed by atoms with Crippen LogP contribution >= 0.6 is 15.9 Å². The maximum absolute atomic E-state index is 4.52. The third-order valence-electron chi connectivity index (χ3n) is 2.55. The monoisotopic (exact) mass is 299 g/mol. The Hall–Kier alpha value is -1.94. The molecule has 0 radical (unpaired) electrons. The maximum atomic E-state index is 4.52. The lowest BCUT2D eigenvalue weighted by Crippen LogP contribution is -1.95. The number of nitrogens with one attached hydrogen (secondary N) is 1. The molecule has 1 aromatic heterocycles. The molecule has 4 heteroatoms. The van der Waals surface area contributed by atoms with Gasteiger partial charge in [0.25, 0.3) is 0 Å². The van der Waals surface area contributed by atoms with Gasteiger partial charge >= 0.3 is 0 Å². The molecule has 18 heavy (non-hydrogen) atoms. The van der Waals surface area contributed by atoms with Crippen LogP contribution in [0.25, 0.3) is 11.0 Å². The van der Waals surface area contributed by atoms with Crippen molar-refractivity contribution in [1.82, 2.24) is 9.97 Å². The highest BCUT2D eigenvalue weighted by atomic mass is 79.9. The van der Waals surface area contributed by atoms with Crippen LogP contribution in [0.3, 0.4) is 0 Å². The number of para-hydroxylation sites is 1.